The first-order valence-corrected chi connectivity index (χ1v) is 10.2. The maximum Gasteiger partial charge on any atom is 0.252 e. The summed E-state index contributed by atoms with van der Waals surface area (Å²) in [7, 11) is 0. The molecule has 0 radical (unpaired) electrons. The van der Waals surface area contributed by atoms with E-state index < -0.39 is 0 Å². The predicted octanol–water partition coefficient (Wildman–Crippen LogP) is 3.43. The lowest BCUT2D eigenvalue weighted by Gasteiger charge is -2.05. The van der Waals surface area contributed by atoms with Gasteiger partial charge in [0.05, 0.1) is 16.5 Å². The topological polar surface area (TPSA) is 169 Å². The average Bonchev–Trinajstić information content (AvgIpc) is 3.07. The van der Waals surface area contributed by atoms with Gasteiger partial charge in [0.2, 0.25) is 0 Å². The van der Waals surface area contributed by atoms with Crippen LogP contribution in [0.1, 0.15) is 31.2 Å². The molecular weight excluding hydrogens is 394 g/mol. The SMILES string of the molecule is N=C(N)SC(=N)CCCCC(=N)SC(N)=NC(=O)Cc1cccc2[nH]ccc12. The molecule has 1 heterocycles. The van der Waals surface area contributed by atoms with E-state index in [4.69, 9.17) is 27.7 Å². The van der Waals surface area contributed by atoms with E-state index in [9.17, 15) is 4.79 Å². The van der Waals surface area contributed by atoms with E-state index in [1.54, 1.807) is 0 Å². The largest absolute Gasteiger partial charge is 0.378 e. The number of aliphatic imine (C=N–C) groups is 1. The molecule has 28 heavy (non-hydrogen) atoms. The van der Waals surface area contributed by atoms with E-state index in [2.05, 4.69) is 9.98 Å². The minimum atomic E-state index is -0.346. The van der Waals surface area contributed by atoms with E-state index in [1.807, 2.05) is 30.5 Å². The van der Waals surface area contributed by atoms with Gasteiger partial charge in [0, 0.05) is 17.1 Å². The first-order chi connectivity index (χ1) is 13.3. The Morgan fingerprint density at radius 2 is 1.71 bits per heavy atom. The Bertz CT molecular complexity index is 920. The lowest BCUT2D eigenvalue weighted by atomic mass is 10.1. The second-order valence-corrected chi connectivity index (χ2v) is 8.25. The number of aromatic nitrogens is 1. The van der Waals surface area contributed by atoms with E-state index in [1.165, 1.54) is 0 Å². The Balaban J connectivity index is 1.76. The minimum Gasteiger partial charge on any atom is -0.378 e. The van der Waals surface area contributed by atoms with Gasteiger partial charge in [-0.15, -0.1) is 0 Å². The van der Waals surface area contributed by atoms with Crippen LogP contribution in [-0.2, 0) is 11.2 Å². The average molecular weight is 418 g/mol. The van der Waals surface area contributed by atoms with Crippen LogP contribution in [0.25, 0.3) is 10.9 Å². The van der Waals surface area contributed by atoms with Crippen molar-refractivity contribution in [2.75, 3.05) is 0 Å². The molecule has 0 aliphatic rings. The number of hydrogen-bond donors (Lipinski definition) is 6. The quantitative estimate of drug-likeness (QED) is 0.230. The Hall–Kier alpha value is -2.59. The molecule has 1 amide bonds. The van der Waals surface area contributed by atoms with Crippen LogP contribution in [0.2, 0.25) is 0 Å². The predicted molar refractivity (Wildman–Crippen MR) is 120 cm³/mol. The van der Waals surface area contributed by atoms with Crippen molar-refractivity contribution in [3.63, 3.8) is 0 Å². The highest BCUT2D eigenvalue weighted by molar-refractivity contribution is 8.26. The summed E-state index contributed by atoms with van der Waals surface area (Å²) in [4.78, 5) is 19.2. The normalized spacial score (nSPS) is 11.5. The molecule has 0 unspecified atom stereocenters. The van der Waals surface area contributed by atoms with Gasteiger partial charge in [0.15, 0.2) is 10.3 Å². The zero-order valence-corrected chi connectivity index (χ0v) is 16.9. The number of H-pyrrole nitrogens is 1. The van der Waals surface area contributed by atoms with Gasteiger partial charge in [-0.05, 0) is 66.9 Å². The zero-order valence-electron chi connectivity index (χ0n) is 15.2. The molecule has 2 rings (SSSR count). The highest BCUT2D eigenvalue weighted by Crippen LogP contribution is 2.18. The molecule has 0 spiro atoms. The highest BCUT2D eigenvalue weighted by atomic mass is 32.2. The summed E-state index contributed by atoms with van der Waals surface area (Å²) in [5.41, 5.74) is 12.9. The molecule has 1 aromatic heterocycles. The molecule has 2 aromatic rings. The van der Waals surface area contributed by atoms with Gasteiger partial charge in [-0.2, -0.15) is 4.99 Å². The summed E-state index contributed by atoms with van der Waals surface area (Å²) in [6.07, 6.45) is 4.43. The summed E-state index contributed by atoms with van der Waals surface area (Å²) in [5, 5.41) is 24.3. The van der Waals surface area contributed by atoms with Crippen LogP contribution in [0, 0.1) is 16.2 Å². The number of thioether (sulfide) groups is 2. The monoisotopic (exact) mass is 417 g/mol. The van der Waals surface area contributed by atoms with Crippen molar-refractivity contribution < 1.29 is 4.79 Å². The Labute approximate surface area is 171 Å². The number of nitrogens with zero attached hydrogens (tertiary/aromatic N) is 1. The van der Waals surface area contributed by atoms with Gasteiger partial charge in [-0.1, -0.05) is 12.1 Å². The van der Waals surface area contributed by atoms with E-state index >= 15 is 0 Å². The Morgan fingerprint density at radius 1 is 1.04 bits per heavy atom. The number of hydrogen-bond acceptors (Lipinski definition) is 6. The number of unbranched alkanes of at least 4 members (excludes halogenated alkanes) is 1. The molecule has 0 bridgehead atoms. The van der Waals surface area contributed by atoms with Crippen LogP contribution in [0.5, 0.6) is 0 Å². The molecule has 0 fully saturated rings. The van der Waals surface area contributed by atoms with Gasteiger partial charge in [-0.25, -0.2) is 0 Å². The summed E-state index contributed by atoms with van der Waals surface area (Å²) >= 11 is 1.92. The third-order valence-electron chi connectivity index (χ3n) is 3.78. The van der Waals surface area contributed by atoms with Crippen LogP contribution >= 0.6 is 23.5 Å². The Morgan fingerprint density at radius 3 is 2.39 bits per heavy atom. The standard InChI is InChI=1S/C18H23N7OS2/c19-14(27-17(21)22)6-1-2-7-15(20)28-18(23)25-16(26)10-11-4-3-5-13-12(11)8-9-24-13/h3-5,8-9,19-20,24H,1-2,6-7,10H2,(H3,21,22)(H2,23,25,26). The van der Waals surface area contributed by atoms with Crippen molar-refractivity contribution in [2.24, 2.45) is 16.5 Å². The van der Waals surface area contributed by atoms with E-state index in [-0.39, 0.29) is 22.7 Å². The molecule has 0 saturated heterocycles. The second kappa shape index (κ2) is 10.7. The van der Waals surface area contributed by atoms with Crippen molar-refractivity contribution in [1.29, 1.82) is 16.2 Å². The molecule has 148 valence electrons. The zero-order chi connectivity index (χ0) is 20.5. The molecule has 8 N–H and O–H groups in total. The first kappa shape index (κ1) is 21.7. The fraction of sp³-hybridized carbons (Fsp3) is 0.278. The van der Waals surface area contributed by atoms with Crippen molar-refractivity contribution in [1.82, 2.24) is 4.98 Å². The number of carbonyl (C=O) groups excluding carboxylic acids is 1. The highest BCUT2D eigenvalue weighted by Gasteiger charge is 2.09. The van der Waals surface area contributed by atoms with Crippen LogP contribution < -0.4 is 11.5 Å². The summed E-state index contributed by atoms with van der Waals surface area (Å²) in [5.74, 6) is -0.346. The second-order valence-electron chi connectivity index (χ2n) is 6.00. The number of carbonyl (C=O) groups is 1. The fourth-order valence-electron chi connectivity index (χ4n) is 2.58. The maximum atomic E-state index is 12.2. The number of nitrogens with one attached hydrogen (secondary N) is 4. The van der Waals surface area contributed by atoms with Gasteiger partial charge in [-0.3, -0.25) is 21.0 Å². The minimum absolute atomic E-state index is 0.0659. The van der Waals surface area contributed by atoms with Crippen LogP contribution in [0.3, 0.4) is 0 Å². The van der Waals surface area contributed by atoms with Gasteiger partial charge >= 0.3 is 0 Å². The lowest BCUT2D eigenvalue weighted by molar-refractivity contribution is -0.117. The number of fused-ring (bicyclic) bond motifs is 1. The van der Waals surface area contributed by atoms with Crippen molar-refractivity contribution >= 4 is 60.8 Å². The fourth-order valence-corrected chi connectivity index (χ4v) is 3.74. The van der Waals surface area contributed by atoms with Crippen molar-refractivity contribution in [3.8, 4) is 0 Å². The number of amides is 1. The van der Waals surface area contributed by atoms with E-state index in [0.717, 1.165) is 46.4 Å². The van der Waals surface area contributed by atoms with Crippen LogP contribution in [0.4, 0.5) is 0 Å². The smallest absolute Gasteiger partial charge is 0.252 e. The van der Waals surface area contributed by atoms with Gasteiger partial charge < -0.3 is 16.5 Å². The third-order valence-corrected chi connectivity index (χ3v) is 5.20. The molecule has 0 aliphatic heterocycles. The molecule has 0 atom stereocenters. The van der Waals surface area contributed by atoms with Crippen molar-refractivity contribution in [3.05, 3.63) is 36.0 Å². The number of aromatic amines is 1. The molecule has 1 aromatic carbocycles. The van der Waals surface area contributed by atoms with Crippen LogP contribution in [0.15, 0.2) is 35.5 Å². The molecule has 0 saturated carbocycles. The van der Waals surface area contributed by atoms with Gasteiger partial charge in [0.1, 0.15) is 0 Å². The molecule has 0 aliphatic carbocycles. The third kappa shape index (κ3) is 7.20. The summed E-state index contributed by atoms with van der Waals surface area (Å²) in [6.45, 7) is 0. The number of rotatable bonds is 7. The number of nitrogens with two attached hydrogens (primary N) is 2. The first-order valence-electron chi connectivity index (χ1n) is 8.61. The van der Waals surface area contributed by atoms with Gasteiger partial charge in [0.25, 0.3) is 5.91 Å². The molecular formula is C18H23N7OS2. The molecule has 10 heteroatoms. The summed E-state index contributed by atoms with van der Waals surface area (Å²) < 4.78 is 0. The summed E-state index contributed by atoms with van der Waals surface area (Å²) in [6, 6.07) is 7.63. The number of amidine groups is 2. The van der Waals surface area contributed by atoms with E-state index in [0.29, 0.717) is 29.3 Å². The molecule has 8 nitrogen and oxygen atoms in total. The maximum absolute atomic E-state index is 12.2. The lowest BCUT2D eigenvalue weighted by Crippen LogP contribution is -2.14. The van der Waals surface area contributed by atoms with Crippen molar-refractivity contribution in [2.45, 2.75) is 32.1 Å². The Kier molecular flexibility index (Phi) is 8.27. The number of benzene rings is 1. The van der Waals surface area contributed by atoms with Crippen LogP contribution in [-0.4, -0.2) is 31.3 Å².